The molecule has 2 aliphatic rings. The van der Waals surface area contributed by atoms with Crippen molar-refractivity contribution in [2.24, 2.45) is 5.92 Å². The van der Waals surface area contributed by atoms with E-state index in [1.165, 1.54) is 18.5 Å². The Hall–Kier alpha value is -3.42. The third-order valence-electron chi connectivity index (χ3n) is 6.50. The van der Waals surface area contributed by atoms with Crippen molar-refractivity contribution >= 4 is 17.2 Å². The molecule has 2 saturated carbocycles. The zero-order chi connectivity index (χ0) is 21.2. The van der Waals surface area contributed by atoms with Crippen LogP contribution in [0, 0.1) is 12.8 Å². The maximum absolute atomic E-state index is 4.76. The van der Waals surface area contributed by atoms with Crippen LogP contribution in [0.25, 0.3) is 22.4 Å². The van der Waals surface area contributed by atoms with Gasteiger partial charge in [-0.1, -0.05) is 6.58 Å². The average molecular weight is 415 g/mol. The molecule has 8 heteroatoms. The first-order valence-electron chi connectivity index (χ1n) is 10.9. The molecule has 0 spiro atoms. The lowest BCUT2D eigenvalue weighted by atomic mass is 9.74. The van der Waals surface area contributed by atoms with Crippen LogP contribution in [0.3, 0.4) is 0 Å². The largest absolute Gasteiger partial charge is 0.383 e. The maximum atomic E-state index is 4.76. The van der Waals surface area contributed by atoms with Crippen molar-refractivity contribution in [1.82, 2.24) is 34.3 Å². The number of allylic oxidation sites excluding steroid dienone is 1. The highest BCUT2D eigenvalue weighted by atomic mass is 15.3. The van der Waals surface area contributed by atoms with Crippen molar-refractivity contribution in [2.75, 3.05) is 5.32 Å². The van der Waals surface area contributed by atoms with Crippen LogP contribution in [0.4, 0.5) is 5.95 Å². The summed E-state index contributed by atoms with van der Waals surface area (Å²) < 4.78 is 3.83. The van der Waals surface area contributed by atoms with Crippen LogP contribution in [0.2, 0.25) is 0 Å². The Morgan fingerprint density at radius 3 is 2.87 bits per heavy atom. The molecule has 0 atom stereocenters. The standard InChI is InChI=1S/C23H26N8/c1-14(16-4-5-16)28-23(3)10-18(11-23)27-21-26-15(2)20-19(6-8-31(20)29-21)17-12-25-22-24-7-9-30(22)13-17/h6-9,12-13,16,18,28H,1,4-5,10-11H2,2-3H3,(H,27,29). The molecule has 0 amide bonds. The fraction of sp³-hybridized carbons (Fsp3) is 0.391. The van der Waals surface area contributed by atoms with Gasteiger partial charge in [0, 0.05) is 59.4 Å². The van der Waals surface area contributed by atoms with Crippen LogP contribution in [0.5, 0.6) is 0 Å². The molecular formula is C23H26N8. The summed E-state index contributed by atoms with van der Waals surface area (Å²) in [5.74, 6) is 2.04. The van der Waals surface area contributed by atoms with Crippen LogP contribution in [-0.2, 0) is 0 Å². The van der Waals surface area contributed by atoms with Crippen molar-refractivity contribution in [3.63, 3.8) is 0 Å². The monoisotopic (exact) mass is 414 g/mol. The predicted octanol–water partition coefficient (Wildman–Crippen LogP) is 3.59. The zero-order valence-corrected chi connectivity index (χ0v) is 17.8. The van der Waals surface area contributed by atoms with Gasteiger partial charge in [0.15, 0.2) is 0 Å². The summed E-state index contributed by atoms with van der Waals surface area (Å²) >= 11 is 0. The quantitative estimate of drug-likeness (QED) is 0.502. The van der Waals surface area contributed by atoms with Crippen LogP contribution in [-0.4, -0.2) is 40.5 Å². The van der Waals surface area contributed by atoms with Crippen LogP contribution < -0.4 is 10.6 Å². The Kier molecular flexibility index (Phi) is 3.87. The van der Waals surface area contributed by atoms with E-state index < -0.39 is 0 Å². The van der Waals surface area contributed by atoms with Gasteiger partial charge < -0.3 is 10.6 Å². The Balaban J connectivity index is 1.21. The van der Waals surface area contributed by atoms with Crippen LogP contribution in [0.1, 0.15) is 38.3 Å². The Bertz CT molecular complexity index is 1310. The molecule has 2 N–H and O–H groups in total. The summed E-state index contributed by atoms with van der Waals surface area (Å²) in [6.45, 7) is 8.51. The molecule has 2 aliphatic carbocycles. The van der Waals surface area contributed by atoms with E-state index in [1.54, 1.807) is 6.20 Å². The second kappa shape index (κ2) is 6.54. The summed E-state index contributed by atoms with van der Waals surface area (Å²) in [5.41, 5.74) is 5.33. The molecule has 8 nitrogen and oxygen atoms in total. The van der Waals surface area contributed by atoms with Crippen molar-refractivity contribution in [3.05, 3.63) is 55.0 Å². The smallest absolute Gasteiger partial charge is 0.241 e. The number of anilines is 1. The number of nitrogens with zero attached hydrogens (tertiary/aromatic N) is 6. The fourth-order valence-electron chi connectivity index (χ4n) is 4.79. The lowest BCUT2D eigenvalue weighted by Gasteiger charge is -2.47. The Labute approximate surface area is 180 Å². The highest BCUT2D eigenvalue weighted by molar-refractivity contribution is 5.82. The number of aryl methyl sites for hydroxylation is 1. The van der Waals surface area contributed by atoms with Crippen molar-refractivity contribution < 1.29 is 0 Å². The van der Waals surface area contributed by atoms with E-state index in [0.717, 1.165) is 35.2 Å². The van der Waals surface area contributed by atoms with Crippen LogP contribution in [0.15, 0.2) is 49.3 Å². The third-order valence-corrected chi connectivity index (χ3v) is 6.50. The van der Waals surface area contributed by atoms with Crippen molar-refractivity contribution in [2.45, 2.75) is 51.1 Å². The van der Waals surface area contributed by atoms with E-state index in [9.17, 15) is 0 Å². The molecular weight excluding hydrogens is 388 g/mol. The van der Waals surface area contributed by atoms with Crippen LogP contribution >= 0.6 is 0 Å². The molecule has 4 aromatic rings. The van der Waals surface area contributed by atoms with Gasteiger partial charge in [0.25, 0.3) is 0 Å². The molecule has 0 aromatic carbocycles. The maximum Gasteiger partial charge on any atom is 0.241 e. The normalized spacial score (nSPS) is 23.1. The SMILES string of the molecule is C=C(NC1(C)CC(Nc2nc(C)c3c(-c4cnc5nccn5c4)ccn3n2)C1)C1CC1. The van der Waals surface area contributed by atoms with E-state index in [1.807, 2.05) is 40.6 Å². The number of aromatic nitrogens is 6. The molecule has 4 aromatic heterocycles. The lowest BCUT2D eigenvalue weighted by molar-refractivity contribution is 0.201. The first-order valence-corrected chi connectivity index (χ1v) is 10.9. The summed E-state index contributed by atoms with van der Waals surface area (Å²) in [7, 11) is 0. The summed E-state index contributed by atoms with van der Waals surface area (Å²) in [4.78, 5) is 13.4. The molecule has 6 rings (SSSR count). The van der Waals surface area contributed by atoms with Gasteiger partial charge >= 0.3 is 0 Å². The van der Waals surface area contributed by atoms with Gasteiger partial charge in [0.2, 0.25) is 11.7 Å². The number of rotatable bonds is 6. The lowest BCUT2D eigenvalue weighted by Crippen LogP contribution is -2.57. The highest BCUT2D eigenvalue weighted by Gasteiger charge is 2.42. The fourth-order valence-corrected chi connectivity index (χ4v) is 4.79. The molecule has 0 radical (unpaired) electrons. The zero-order valence-electron chi connectivity index (χ0n) is 17.8. The van der Waals surface area contributed by atoms with Gasteiger partial charge in [-0.15, -0.1) is 5.10 Å². The minimum Gasteiger partial charge on any atom is -0.383 e. The average Bonchev–Trinajstić information content (AvgIpc) is 3.31. The Morgan fingerprint density at radius 1 is 1.23 bits per heavy atom. The number of hydrogen-bond acceptors (Lipinski definition) is 6. The van der Waals surface area contributed by atoms with E-state index in [4.69, 9.17) is 10.1 Å². The number of fused-ring (bicyclic) bond motifs is 2. The molecule has 0 saturated heterocycles. The first-order chi connectivity index (χ1) is 15.0. The van der Waals surface area contributed by atoms with Gasteiger partial charge in [-0.2, -0.15) is 0 Å². The van der Waals surface area contributed by atoms with Gasteiger partial charge in [-0.25, -0.2) is 19.5 Å². The van der Waals surface area contributed by atoms with E-state index in [-0.39, 0.29) is 5.54 Å². The molecule has 0 unspecified atom stereocenters. The highest BCUT2D eigenvalue weighted by Crippen LogP contribution is 2.39. The topological polar surface area (TPSA) is 84.4 Å². The van der Waals surface area contributed by atoms with E-state index >= 15 is 0 Å². The molecule has 31 heavy (non-hydrogen) atoms. The molecule has 0 bridgehead atoms. The van der Waals surface area contributed by atoms with Crippen molar-refractivity contribution in [3.8, 4) is 11.1 Å². The first kappa shape index (κ1) is 18.4. The second-order valence-corrected chi connectivity index (χ2v) is 9.26. The molecule has 2 fully saturated rings. The number of nitrogens with one attached hydrogen (secondary N) is 2. The minimum absolute atomic E-state index is 0.121. The minimum atomic E-state index is 0.121. The predicted molar refractivity (Wildman–Crippen MR) is 120 cm³/mol. The number of imidazole rings is 1. The van der Waals surface area contributed by atoms with E-state index in [0.29, 0.717) is 23.7 Å². The molecule has 0 aliphatic heterocycles. The molecule has 158 valence electrons. The van der Waals surface area contributed by atoms with E-state index in [2.05, 4.69) is 40.2 Å². The summed E-state index contributed by atoms with van der Waals surface area (Å²) in [6.07, 6.45) is 14.1. The van der Waals surface area contributed by atoms with Gasteiger partial charge in [0.05, 0.1) is 11.2 Å². The third kappa shape index (κ3) is 3.22. The molecule has 4 heterocycles. The Morgan fingerprint density at radius 2 is 2.06 bits per heavy atom. The second-order valence-electron chi connectivity index (χ2n) is 9.26. The summed E-state index contributed by atoms with van der Waals surface area (Å²) in [6, 6.07) is 2.43. The van der Waals surface area contributed by atoms with Crippen molar-refractivity contribution in [1.29, 1.82) is 0 Å². The van der Waals surface area contributed by atoms with Gasteiger partial charge in [-0.3, -0.25) is 4.40 Å². The summed E-state index contributed by atoms with van der Waals surface area (Å²) in [5, 5.41) is 11.9. The number of hydrogen-bond donors (Lipinski definition) is 2. The van der Waals surface area contributed by atoms with Gasteiger partial charge in [0.1, 0.15) is 0 Å². The van der Waals surface area contributed by atoms with Gasteiger partial charge in [-0.05, 0) is 51.5 Å².